The molecule has 6 nitrogen and oxygen atoms in total. The number of aliphatic hydroxyl groups is 1. The zero-order chi connectivity index (χ0) is 18.2. The summed E-state index contributed by atoms with van der Waals surface area (Å²) < 4.78 is 38.7. The number of carbonyl (C=O) groups excluding carboxylic acids is 1. The van der Waals surface area contributed by atoms with Gasteiger partial charge in [-0.25, -0.2) is 17.1 Å². The number of hydrogen-bond donors (Lipinski definition) is 1. The van der Waals surface area contributed by atoms with Crippen LogP contribution in [-0.4, -0.2) is 66.7 Å². The van der Waals surface area contributed by atoms with Crippen LogP contribution in [0.15, 0.2) is 24.3 Å². The van der Waals surface area contributed by atoms with Gasteiger partial charge in [-0.15, -0.1) is 0 Å². The lowest BCUT2D eigenvalue weighted by Gasteiger charge is -2.49. The Kier molecular flexibility index (Phi) is 4.87. The van der Waals surface area contributed by atoms with Gasteiger partial charge in [-0.2, -0.15) is 0 Å². The minimum absolute atomic E-state index is 0.0341. The van der Waals surface area contributed by atoms with E-state index in [1.54, 1.807) is 23.1 Å². The number of likely N-dealkylation sites (tertiary alicyclic amines) is 1. The van der Waals surface area contributed by atoms with Gasteiger partial charge >= 0.3 is 0 Å². The van der Waals surface area contributed by atoms with Crippen molar-refractivity contribution in [1.29, 1.82) is 0 Å². The first-order valence-corrected chi connectivity index (χ1v) is 10.2. The second-order valence-electron chi connectivity index (χ2n) is 7.03. The van der Waals surface area contributed by atoms with E-state index in [9.17, 15) is 22.7 Å². The van der Waals surface area contributed by atoms with Gasteiger partial charge < -0.3 is 10.0 Å². The van der Waals surface area contributed by atoms with Gasteiger partial charge in [0.25, 0.3) is 0 Å². The molecule has 138 valence electrons. The highest BCUT2D eigenvalue weighted by atomic mass is 32.2. The summed E-state index contributed by atoms with van der Waals surface area (Å²) in [5, 5.41) is 10.8. The molecule has 0 radical (unpaired) electrons. The van der Waals surface area contributed by atoms with Crippen LogP contribution >= 0.6 is 0 Å². The lowest BCUT2D eigenvalue weighted by Crippen LogP contribution is -2.61. The van der Waals surface area contributed by atoms with Crippen molar-refractivity contribution in [1.82, 2.24) is 9.21 Å². The van der Waals surface area contributed by atoms with Crippen LogP contribution in [-0.2, 0) is 21.2 Å². The second-order valence-corrected chi connectivity index (χ2v) is 9.01. The van der Waals surface area contributed by atoms with Crippen molar-refractivity contribution in [3.63, 3.8) is 0 Å². The molecule has 0 unspecified atom stereocenters. The van der Waals surface area contributed by atoms with Crippen molar-refractivity contribution in [2.24, 2.45) is 5.92 Å². The van der Waals surface area contributed by atoms with Crippen molar-refractivity contribution in [3.8, 4) is 0 Å². The summed E-state index contributed by atoms with van der Waals surface area (Å²) in [6.45, 7) is 1.20. The molecule has 1 aromatic rings. The molecule has 3 rings (SSSR count). The SMILES string of the molecule is CS(=O)(=O)N1CC[C@@]2(O)CCN(C(=O)Cc3ccccc3F)C[C@H]2C1. The van der Waals surface area contributed by atoms with E-state index < -0.39 is 21.4 Å². The number of amides is 1. The predicted molar refractivity (Wildman–Crippen MR) is 90.8 cm³/mol. The number of benzene rings is 1. The first-order chi connectivity index (χ1) is 11.7. The van der Waals surface area contributed by atoms with Gasteiger partial charge in [-0.1, -0.05) is 18.2 Å². The van der Waals surface area contributed by atoms with Crippen molar-refractivity contribution < 1.29 is 22.7 Å². The van der Waals surface area contributed by atoms with Crippen LogP contribution in [0.1, 0.15) is 18.4 Å². The molecule has 2 aliphatic heterocycles. The van der Waals surface area contributed by atoms with E-state index >= 15 is 0 Å². The molecule has 1 amide bonds. The molecule has 0 spiro atoms. The van der Waals surface area contributed by atoms with Crippen molar-refractivity contribution in [3.05, 3.63) is 35.6 Å². The maximum absolute atomic E-state index is 13.7. The van der Waals surface area contributed by atoms with Gasteiger partial charge in [-0.3, -0.25) is 4.79 Å². The number of fused-ring (bicyclic) bond motifs is 1. The first kappa shape index (κ1) is 18.3. The molecule has 2 fully saturated rings. The molecule has 1 N–H and O–H groups in total. The number of hydrogen-bond acceptors (Lipinski definition) is 4. The minimum Gasteiger partial charge on any atom is -0.389 e. The van der Waals surface area contributed by atoms with Gasteiger partial charge in [0, 0.05) is 32.1 Å². The van der Waals surface area contributed by atoms with Crippen molar-refractivity contribution in [2.45, 2.75) is 24.9 Å². The van der Waals surface area contributed by atoms with Crippen molar-refractivity contribution in [2.75, 3.05) is 32.4 Å². The quantitative estimate of drug-likeness (QED) is 0.846. The van der Waals surface area contributed by atoms with Crippen LogP contribution in [0, 0.1) is 11.7 Å². The largest absolute Gasteiger partial charge is 0.389 e. The van der Waals surface area contributed by atoms with Crippen LogP contribution in [0.3, 0.4) is 0 Å². The Balaban J connectivity index is 1.70. The molecule has 8 heteroatoms. The van der Waals surface area contributed by atoms with E-state index in [0.29, 0.717) is 31.5 Å². The Morgan fingerprint density at radius 3 is 2.64 bits per heavy atom. The smallest absolute Gasteiger partial charge is 0.227 e. The summed E-state index contributed by atoms with van der Waals surface area (Å²) >= 11 is 0. The van der Waals surface area contributed by atoms with Crippen LogP contribution in [0.4, 0.5) is 4.39 Å². The fourth-order valence-electron chi connectivity index (χ4n) is 3.72. The Morgan fingerprint density at radius 1 is 1.28 bits per heavy atom. The molecule has 1 aromatic carbocycles. The summed E-state index contributed by atoms with van der Waals surface area (Å²) in [6, 6.07) is 6.17. The number of sulfonamides is 1. The summed E-state index contributed by atoms with van der Waals surface area (Å²) in [5.41, 5.74) is -0.592. The number of halogens is 1. The Hall–Kier alpha value is -1.51. The second kappa shape index (κ2) is 6.66. The van der Waals surface area contributed by atoms with Crippen LogP contribution in [0.25, 0.3) is 0 Å². The zero-order valence-electron chi connectivity index (χ0n) is 14.2. The first-order valence-electron chi connectivity index (χ1n) is 8.38. The highest BCUT2D eigenvalue weighted by Gasteiger charge is 2.47. The highest BCUT2D eigenvalue weighted by molar-refractivity contribution is 7.88. The third kappa shape index (κ3) is 3.86. The fraction of sp³-hybridized carbons (Fsp3) is 0.588. The van der Waals surface area contributed by atoms with Crippen molar-refractivity contribution >= 4 is 15.9 Å². The normalized spacial score (nSPS) is 27.8. The summed E-state index contributed by atoms with van der Waals surface area (Å²) in [7, 11) is -3.33. The monoisotopic (exact) mass is 370 g/mol. The molecule has 2 atom stereocenters. The van der Waals surface area contributed by atoms with Crippen LogP contribution < -0.4 is 0 Å². The molecule has 2 aliphatic rings. The van der Waals surface area contributed by atoms with E-state index in [0.717, 1.165) is 6.26 Å². The molecule has 0 aliphatic carbocycles. The Bertz CT molecular complexity index is 770. The maximum atomic E-state index is 13.7. The molecule has 0 bridgehead atoms. The highest BCUT2D eigenvalue weighted by Crippen LogP contribution is 2.36. The van der Waals surface area contributed by atoms with Gasteiger partial charge in [0.15, 0.2) is 0 Å². The van der Waals surface area contributed by atoms with E-state index in [1.807, 2.05) is 0 Å². The van der Waals surface area contributed by atoms with Gasteiger partial charge in [0.05, 0.1) is 18.3 Å². The van der Waals surface area contributed by atoms with Gasteiger partial charge in [-0.05, 0) is 24.5 Å². The molecule has 25 heavy (non-hydrogen) atoms. The number of rotatable bonds is 3. The molecule has 2 heterocycles. The van der Waals surface area contributed by atoms with Crippen LogP contribution in [0.5, 0.6) is 0 Å². The molecule has 0 saturated carbocycles. The van der Waals surface area contributed by atoms with E-state index in [2.05, 4.69) is 0 Å². The van der Waals surface area contributed by atoms with Gasteiger partial charge in [0.2, 0.25) is 15.9 Å². The van der Waals surface area contributed by atoms with E-state index in [1.165, 1.54) is 10.4 Å². The third-order valence-corrected chi connectivity index (χ3v) is 6.62. The third-order valence-electron chi connectivity index (χ3n) is 5.35. The molecular formula is C17H23FN2O4S. The molecule has 2 saturated heterocycles. The zero-order valence-corrected chi connectivity index (χ0v) is 15.0. The van der Waals surface area contributed by atoms with E-state index in [4.69, 9.17) is 0 Å². The fourth-order valence-corrected chi connectivity index (χ4v) is 4.59. The number of piperidine rings is 2. The maximum Gasteiger partial charge on any atom is 0.227 e. The molecule has 0 aromatic heterocycles. The lowest BCUT2D eigenvalue weighted by molar-refractivity contribution is -0.143. The predicted octanol–water partition coefficient (Wildman–Crippen LogP) is 0.613. The number of nitrogens with zero attached hydrogens (tertiary/aromatic N) is 2. The summed E-state index contributed by atoms with van der Waals surface area (Å²) in [4.78, 5) is 14.1. The number of carbonyl (C=O) groups is 1. The average Bonchev–Trinajstić information content (AvgIpc) is 2.54. The van der Waals surface area contributed by atoms with Gasteiger partial charge in [0.1, 0.15) is 5.82 Å². The molecular weight excluding hydrogens is 347 g/mol. The minimum atomic E-state index is -3.33. The van der Waals surface area contributed by atoms with E-state index in [-0.39, 0.29) is 31.3 Å². The summed E-state index contributed by atoms with van der Waals surface area (Å²) in [6.07, 6.45) is 1.91. The average molecular weight is 370 g/mol. The Morgan fingerprint density at radius 2 is 1.96 bits per heavy atom. The summed E-state index contributed by atoms with van der Waals surface area (Å²) in [5.74, 6) is -0.941. The topological polar surface area (TPSA) is 77.9 Å². The Labute approximate surface area is 147 Å². The van der Waals surface area contributed by atoms with Crippen LogP contribution in [0.2, 0.25) is 0 Å². The lowest BCUT2D eigenvalue weighted by atomic mass is 9.76. The standard InChI is InChI=1S/C17H23FN2O4S/c1-25(23,24)20-9-7-17(22)6-8-19(11-14(17)12-20)16(21)10-13-4-2-3-5-15(13)18/h2-5,14,22H,6-12H2,1H3/t14-,17-/m0/s1.